The van der Waals surface area contributed by atoms with E-state index in [9.17, 15) is 9.50 Å². The van der Waals surface area contributed by atoms with Gasteiger partial charge in [0.15, 0.2) is 0 Å². The van der Waals surface area contributed by atoms with Crippen molar-refractivity contribution < 1.29 is 14.2 Å². The van der Waals surface area contributed by atoms with Crippen LogP contribution in [0.25, 0.3) is 10.8 Å². The van der Waals surface area contributed by atoms with Crippen molar-refractivity contribution in [3.05, 3.63) is 71.5 Å². The number of nitrogen functional groups attached to an aromatic ring is 1. The maximum Gasteiger partial charge on any atom is 0.146 e. The van der Waals surface area contributed by atoms with E-state index in [1.54, 1.807) is 7.11 Å². The summed E-state index contributed by atoms with van der Waals surface area (Å²) in [5.74, 6) is 0.0786. The first-order valence-electron chi connectivity index (χ1n) is 7.90. The number of halogens is 1. The maximum atomic E-state index is 13.3. The molecular weight excluding hydrogens is 305 g/mol. The number of ether oxygens (including phenoxy) is 1. The Morgan fingerprint density at radius 1 is 1.04 bits per heavy atom. The molecule has 0 bridgehead atoms. The Kier molecular flexibility index (Phi) is 5.77. The van der Waals surface area contributed by atoms with Gasteiger partial charge in [0.05, 0.1) is 12.8 Å². The third-order valence-corrected chi connectivity index (χ3v) is 3.76. The summed E-state index contributed by atoms with van der Waals surface area (Å²) in [6.07, 6.45) is -0.955. The highest BCUT2D eigenvalue weighted by Gasteiger charge is 2.19. The molecule has 0 aromatic heterocycles. The van der Waals surface area contributed by atoms with E-state index in [1.165, 1.54) is 18.2 Å². The standard InChI is InChI=1S/C18H16FNO2.C2H6/c1-22-16-9-7-11-4-2-3-5-13(11)17(16)18(21)12-6-8-14(19)15(20)10-12;1-2/h2-10,18,21H,20H2,1H3;1-2H3. The highest BCUT2D eigenvalue weighted by Crippen LogP contribution is 2.36. The minimum absolute atomic E-state index is 0.00996. The summed E-state index contributed by atoms with van der Waals surface area (Å²) in [6, 6.07) is 15.7. The molecular formula is C20H22FNO2. The van der Waals surface area contributed by atoms with Crippen molar-refractivity contribution >= 4 is 16.5 Å². The van der Waals surface area contributed by atoms with E-state index >= 15 is 0 Å². The van der Waals surface area contributed by atoms with Crippen molar-refractivity contribution in [2.45, 2.75) is 20.0 Å². The molecule has 0 aliphatic rings. The summed E-state index contributed by atoms with van der Waals surface area (Å²) < 4.78 is 18.7. The molecule has 0 saturated heterocycles. The largest absolute Gasteiger partial charge is 0.496 e. The van der Waals surface area contributed by atoms with Gasteiger partial charge in [-0.25, -0.2) is 4.39 Å². The maximum absolute atomic E-state index is 13.3. The quantitative estimate of drug-likeness (QED) is 0.687. The molecule has 1 atom stereocenters. The van der Waals surface area contributed by atoms with Crippen LogP contribution in [-0.4, -0.2) is 12.2 Å². The minimum atomic E-state index is -0.955. The van der Waals surface area contributed by atoms with Gasteiger partial charge in [-0.15, -0.1) is 0 Å². The highest BCUT2D eigenvalue weighted by molar-refractivity contribution is 5.88. The zero-order valence-corrected chi connectivity index (χ0v) is 14.1. The van der Waals surface area contributed by atoms with Crippen molar-refractivity contribution in [3.63, 3.8) is 0 Å². The second-order valence-electron chi connectivity index (χ2n) is 5.09. The normalized spacial score (nSPS) is 11.5. The van der Waals surface area contributed by atoms with Gasteiger partial charge in [-0.05, 0) is 34.5 Å². The molecule has 0 heterocycles. The molecule has 0 aliphatic heterocycles. The van der Waals surface area contributed by atoms with E-state index in [4.69, 9.17) is 10.5 Å². The summed E-state index contributed by atoms with van der Waals surface area (Å²) in [7, 11) is 1.55. The van der Waals surface area contributed by atoms with E-state index in [-0.39, 0.29) is 5.69 Å². The minimum Gasteiger partial charge on any atom is -0.496 e. The Morgan fingerprint density at radius 2 is 1.75 bits per heavy atom. The number of methoxy groups -OCH3 is 1. The van der Waals surface area contributed by atoms with Gasteiger partial charge in [0, 0.05) is 5.56 Å². The molecule has 3 aromatic carbocycles. The van der Waals surface area contributed by atoms with Crippen LogP contribution in [0, 0.1) is 5.82 Å². The number of fused-ring (bicyclic) bond motifs is 1. The van der Waals surface area contributed by atoms with Gasteiger partial charge in [0.1, 0.15) is 17.7 Å². The first-order valence-corrected chi connectivity index (χ1v) is 7.90. The number of hydrogen-bond acceptors (Lipinski definition) is 3. The van der Waals surface area contributed by atoms with E-state index in [2.05, 4.69) is 0 Å². The second-order valence-corrected chi connectivity index (χ2v) is 5.09. The van der Waals surface area contributed by atoms with Crippen molar-refractivity contribution in [1.29, 1.82) is 0 Å². The van der Waals surface area contributed by atoms with Crippen LogP contribution in [0.5, 0.6) is 5.75 Å². The van der Waals surface area contributed by atoms with Crippen molar-refractivity contribution in [3.8, 4) is 5.75 Å². The van der Waals surface area contributed by atoms with E-state index in [0.717, 1.165) is 10.8 Å². The Morgan fingerprint density at radius 3 is 2.42 bits per heavy atom. The SMILES string of the molecule is CC.COc1ccc2ccccc2c1C(O)c1ccc(F)c(N)c1. The molecule has 24 heavy (non-hydrogen) atoms. The fraction of sp³-hybridized carbons (Fsp3) is 0.200. The molecule has 0 radical (unpaired) electrons. The fourth-order valence-corrected chi connectivity index (χ4v) is 2.63. The fourth-order valence-electron chi connectivity index (χ4n) is 2.63. The molecule has 0 amide bonds. The molecule has 0 aliphatic carbocycles. The smallest absolute Gasteiger partial charge is 0.146 e. The van der Waals surface area contributed by atoms with Gasteiger partial charge >= 0.3 is 0 Å². The number of nitrogens with two attached hydrogens (primary N) is 1. The van der Waals surface area contributed by atoms with Crippen LogP contribution in [-0.2, 0) is 0 Å². The second kappa shape index (κ2) is 7.79. The van der Waals surface area contributed by atoms with E-state index in [1.807, 2.05) is 50.2 Å². The molecule has 3 nitrogen and oxygen atoms in total. The van der Waals surface area contributed by atoms with Crippen LogP contribution in [0.4, 0.5) is 10.1 Å². The molecule has 3 rings (SSSR count). The first kappa shape index (κ1) is 17.8. The van der Waals surface area contributed by atoms with Gasteiger partial charge in [0.2, 0.25) is 0 Å². The molecule has 1 unspecified atom stereocenters. The molecule has 0 saturated carbocycles. The van der Waals surface area contributed by atoms with Gasteiger partial charge in [-0.3, -0.25) is 0 Å². The predicted molar refractivity (Wildman–Crippen MR) is 96.7 cm³/mol. The summed E-state index contributed by atoms with van der Waals surface area (Å²) >= 11 is 0. The zero-order chi connectivity index (χ0) is 17.7. The highest BCUT2D eigenvalue weighted by atomic mass is 19.1. The van der Waals surface area contributed by atoms with Crippen molar-refractivity contribution in [2.75, 3.05) is 12.8 Å². The van der Waals surface area contributed by atoms with Crippen LogP contribution in [0.2, 0.25) is 0 Å². The van der Waals surface area contributed by atoms with Crippen LogP contribution >= 0.6 is 0 Å². The number of benzene rings is 3. The Labute approximate surface area is 141 Å². The number of hydrogen-bond donors (Lipinski definition) is 2. The van der Waals surface area contributed by atoms with Gasteiger partial charge < -0.3 is 15.6 Å². The van der Waals surface area contributed by atoms with Crippen LogP contribution < -0.4 is 10.5 Å². The van der Waals surface area contributed by atoms with Gasteiger partial charge in [0.25, 0.3) is 0 Å². The average Bonchev–Trinajstić information content (AvgIpc) is 2.64. The molecule has 3 aromatic rings. The average molecular weight is 327 g/mol. The number of rotatable bonds is 3. The number of aliphatic hydroxyl groups excluding tert-OH is 1. The van der Waals surface area contributed by atoms with E-state index in [0.29, 0.717) is 16.9 Å². The Bertz CT molecular complexity index is 833. The molecule has 4 heteroatoms. The molecule has 0 spiro atoms. The third-order valence-electron chi connectivity index (χ3n) is 3.76. The van der Waals surface area contributed by atoms with Gasteiger partial charge in [-0.1, -0.05) is 50.2 Å². The lowest BCUT2D eigenvalue weighted by Gasteiger charge is -2.18. The first-order chi connectivity index (χ1) is 11.6. The molecule has 126 valence electrons. The van der Waals surface area contributed by atoms with Crippen LogP contribution in [0.1, 0.15) is 31.1 Å². The van der Waals surface area contributed by atoms with Gasteiger partial charge in [-0.2, -0.15) is 0 Å². The van der Waals surface area contributed by atoms with E-state index < -0.39 is 11.9 Å². The molecule has 0 fully saturated rings. The zero-order valence-electron chi connectivity index (χ0n) is 14.1. The summed E-state index contributed by atoms with van der Waals surface area (Å²) in [4.78, 5) is 0. The Balaban J connectivity index is 0.00000100. The lowest BCUT2D eigenvalue weighted by atomic mass is 9.94. The Hall–Kier alpha value is -2.59. The number of anilines is 1. The van der Waals surface area contributed by atoms with Crippen molar-refractivity contribution in [1.82, 2.24) is 0 Å². The molecule has 3 N–H and O–H groups in total. The number of aliphatic hydroxyl groups is 1. The topological polar surface area (TPSA) is 55.5 Å². The lowest BCUT2D eigenvalue weighted by Crippen LogP contribution is -2.05. The summed E-state index contributed by atoms with van der Waals surface area (Å²) in [5, 5.41) is 12.6. The van der Waals surface area contributed by atoms with Crippen LogP contribution in [0.3, 0.4) is 0 Å². The summed E-state index contributed by atoms with van der Waals surface area (Å²) in [6.45, 7) is 4.00. The third kappa shape index (κ3) is 3.34. The predicted octanol–water partition coefficient (Wildman–Crippen LogP) is 4.68. The summed E-state index contributed by atoms with van der Waals surface area (Å²) in [5.41, 5.74) is 6.78. The van der Waals surface area contributed by atoms with Crippen molar-refractivity contribution in [2.24, 2.45) is 0 Å². The lowest BCUT2D eigenvalue weighted by molar-refractivity contribution is 0.216. The monoisotopic (exact) mass is 327 g/mol. The van der Waals surface area contributed by atoms with Crippen LogP contribution in [0.15, 0.2) is 54.6 Å².